The van der Waals surface area contributed by atoms with E-state index in [1.54, 1.807) is 31.2 Å². The summed E-state index contributed by atoms with van der Waals surface area (Å²) >= 11 is 6.29. The Kier molecular flexibility index (Phi) is 3.77. The predicted molar refractivity (Wildman–Crippen MR) is 88.0 cm³/mol. The van der Waals surface area contributed by atoms with Gasteiger partial charge in [-0.3, -0.25) is 5.41 Å². The molecule has 25 heavy (non-hydrogen) atoms. The third kappa shape index (κ3) is 1.78. The highest BCUT2D eigenvalue weighted by atomic mass is 35.5. The second-order valence-electron chi connectivity index (χ2n) is 6.29. The fourth-order valence-electron chi connectivity index (χ4n) is 4.01. The van der Waals surface area contributed by atoms with Gasteiger partial charge in [0, 0.05) is 17.0 Å². The molecule has 0 amide bonds. The second kappa shape index (κ2) is 5.46. The molecule has 1 aromatic rings. The normalized spacial score (nSPS) is 35.1. The Balaban J connectivity index is 2.37. The summed E-state index contributed by atoms with van der Waals surface area (Å²) in [5.74, 6) is -2.32. The molecule has 1 N–H and O–H groups in total. The number of nitrogens with one attached hydrogen (secondary N) is 1. The Morgan fingerprint density at radius 1 is 1.20 bits per heavy atom. The van der Waals surface area contributed by atoms with Gasteiger partial charge >= 0.3 is 0 Å². The molecule has 2 heterocycles. The number of halogens is 1. The van der Waals surface area contributed by atoms with Crippen LogP contribution in [-0.4, -0.2) is 11.7 Å². The minimum Gasteiger partial charge on any atom is -0.447 e. The SMILES string of the molecule is CCC12OC(=N)C(C#N)(C1C)C(C#N)(C#N)C(c1ccccc1Cl)O2. The number of nitrogens with zero attached hydrogens (tertiary/aromatic N) is 3. The average Bonchev–Trinajstić information content (AvgIpc) is 2.78. The zero-order valence-electron chi connectivity index (χ0n) is 13.7. The number of benzene rings is 1. The molecular weight excluding hydrogens is 340 g/mol. The monoisotopic (exact) mass is 354 g/mol. The van der Waals surface area contributed by atoms with E-state index in [2.05, 4.69) is 6.07 Å². The lowest BCUT2D eigenvalue weighted by molar-refractivity contribution is -0.280. The molecule has 126 valence electrons. The van der Waals surface area contributed by atoms with Gasteiger partial charge < -0.3 is 9.47 Å². The van der Waals surface area contributed by atoms with Gasteiger partial charge in [-0.1, -0.05) is 43.6 Å². The van der Waals surface area contributed by atoms with Gasteiger partial charge in [0.2, 0.25) is 17.1 Å². The van der Waals surface area contributed by atoms with Crippen LogP contribution in [0.4, 0.5) is 0 Å². The van der Waals surface area contributed by atoms with E-state index >= 15 is 0 Å². The van der Waals surface area contributed by atoms with E-state index in [1.165, 1.54) is 0 Å². The van der Waals surface area contributed by atoms with Gasteiger partial charge in [0.05, 0.1) is 24.1 Å². The maximum atomic E-state index is 9.99. The zero-order valence-corrected chi connectivity index (χ0v) is 14.5. The number of ether oxygens (including phenoxy) is 2. The van der Waals surface area contributed by atoms with Crippen LogP contribution in [0.15, 0.2) is 24.3 Å². The van der Waals surface area contributed by atoms with Crippen molar-refractivity contribution in [1.82, 2.24) is 0 Å². The summed E-state index contributed by atoms with van der Waals surface area (Å²) in [5, 5.41) is 38.6. The van der Waals surface area contributed by atoms with E-state index in [-0.39, 0.29) is 0 Å². The quantitative estimate of drug-likeness (QED) is 0.869. The molecule has 3 rings (SSSR count). The van der Waals surface area contributed by atoms with Crippen LogP contribution in [-0.2, 0) is 9.47 Å². The van der Waals surface area contributed by atoms with Crippen molar-refractivity contribution in [3.63, 3.8) is 0 Å². The van der Waals surface area contributed by atoms with E-state index in [0.717, 1.165) is 0 Å². The van der Waals surface area contributed by atoms with Crippen molar-refractivity contribution in [3.8, 4) is 18.2 Å². The molecule has 0 aromatic heterocycles. The maximum Gasteiger partial charge on any atom is 0.217 e. The molecule has 0 saturated carbocycles. The number of fused-ring (bicyclic) bond motifs is 2. The van der Waals surface area contributed by atoms with Gasteiger partial charge in [-0.05, 0) is 6.07 Å². The van der Waals surface area contributed by atoms with Crippen molar-refractivity contribution in [2.75, 3.05) is 0 Å². The first-order chi connectivity index (χ1) is 11.9. The van der Waals surface area contributed by atoms with Crippen LogP contribution >= 0.6 is 11.6 Å². The van der Waals surface area contributed by atoms with Gasteiger partial charge in [0.25, 0.3) is 0 Å². The average molecular weight is 355 g/mol. The van der Waals surface area contributed by atoms with Crippen LogP contribution in [0.5, 0.6) is 0 Å². The molecule has 1 aromatic carbocycles. The van der Waals surface area contributed by atoms with E-state index < -0.39 is 34.5 Å². The zero-order chi connectivity index (χ0) is 18.5. The van der Waals surface area contributed by atoms with Crippen LogP contribution in [0, 0.1) is 56.2 Å². The van der Waals surface area contributed by atoms with Gasteiger partial charge in [0.15, 0.2) is 5.41 Å². The van der Waals surface area contributed by atoms with E-state index in [1.807, 2.05) is 19.1 Å². The third-order valence-electron chi connectivity index (χ3n) is 5.48. The van der Waals surface area contributed by atoms with Crippen molar-refractivity contribution in [1.29, 1.82) is 21.2 Å². The topological polar surface area (TPSA) is 114 Å². The first kappa shape index (κ1) is 17.2. The molecule has 2 bridgehead atoms. The Bertz CT molecular complexity index is 866. The van der Waals surface area contributed by atoms with Crippen LogP contribution in [0.2, 0.25) is 5.02 Å². The van der Waals surface area contributed by atoms with E-state index in [4.69, 9.17) is 26.5 Å². The minimum absolute atomic E-state index is 0.321. The summed E-state index contributed by atoms with van der Waals surface area (Å²) in [4.78, 5) is 0. The minimum atomic E-state index is -1.96. The number of hydrogen-bond acceptors (Lipinski definition) is 6. The third-order valence-corrected chi connectivity index (χ3v) is 5.83. The molecule has 7 heteroatoms. The lowest BCUT2D eigenvalue weighted by Crippen LogP contribution is -2.58. The summed E-state index contributed by atoms with van der Waals surface area (Å²) < 4.78 is 11.8. The highest BCUT2D eigenvalue weighted by molar-refractivity contribution is 6.31. The van der Waals surface area contributed by atoms with Crippen molar-refractivity contribution in [3.05, 3.63) is 34.9 Å². The highest BCUT2D eigenvalue weighted by Gasteiger charge is 2.78. The highest BCUT2D eigenvalue weighted by Crippen LogP contribution is 2.67. The van der Waals surface area contributed by atoms with Crippen LogP contribution in [0.1, 0.15) is 31.9 Å². The Morgan fingerprint density at radius 3 is 2.36 bits per heavy atom. The summed E-state index contributed by atoms with van der Waals surface area (Å²) in [5.41, 5.74) is -3.28. The first-order valence-corrected chi connectivity index (χ1v) is 8.21. The van der Waals surface area contributed by atoms with Gasteiger partial charge in [-0.15, -0.1) is 0 Å². The van der Waals surface area contributed by atoms with E-state index in [0.29, 0.717) is 17.0 Å². The van der Waals surface area contributed by atoms with Crippen molar-refractivity contribution < 1.29 is 9.47 Å². The standard InChI is InChI=1S/C18H15ClN4O2/c1-3-18-11(2)17(10-22,15(23)25-18)16(8-20,9-21)14(24-18)12-6-4-5-7-13(12)19/h4-7,11,14,23H,3H2,1-2H3. The van der Waals surface area contributed by atoms with Crippen molar-refractivity contribution in [2.24, 2.45) is 16.7 Å². The maximum absolute atomic E-state index is 9.99. The summed E-state index contributed by atoms with van der Waals surface area (Å²) in [6.07, 6.45) is -0.761. The van der Waals surface area contributed by atoms with Crippen molar-refractivity contribution in [2.45, 2.75) is 32.2 Å². The molecule has 0 radical (unpaired) electrons. The van der Waals surface area contributed by atoms with Crippen molar-refractivity contribution >= 4 is 17.5 Å². The van der Waals surface area contributed by atoms with Crippen LogP contribution in [0.3, 0.4) is 0 Å². The number of hydrogen-bond donors (Lipinski definition) is 1. The summed E-state index contributed by atoms with van der Waals surface area (Å²) in [7, 11) is 0. The van der Waals surface area contributed by atoms with Crippen LogP contribution in [0.25, 0.3) is 0 Å². The molecule has 0 aliphatic carbocycles. The lowest BCUT2D eigenvalue weighted by atomic mass is 9.53. The first-order valence-electron chi connectivity index (χ1n) is 7.83. The van der Waals surface area contributed by atoms with Gasteiger partial charge in [-0.25, -0.2) is 0 Å². The molecule has 0 spiro atoms. The molecule has 2 fully saturated rings. The molecule has 2 aliphatic rings. The van der Waals surface area contributed by atoms with Gasteiger partial charge in [0.1, 0.15) is 6.10 Å². The molecule has 4 atom stereocenters. The Labute approximate surface area is 150 Å². The predicted octanol–water partition coefficient (Wildman–Crippen LogP) is 3.70. The van der Waals surface area contributed by atoms with E-state index in [9.17, 15) is 15.8 Å². The summed E-state index contributed by atoms with van der Waals surface area (Å²) in [6, 6.07) is 12.7. The van der Waals surface area contributed by atoms with Gasteiger partial charge in [-0.2, -0.15) is 15.8 Å². The second-order valence-corrected chi connectivity index (χ2v) is 6.70. The fourth-order valence-corrected chi connectivity index (χ4v) is 4.24. The smallest absolute Gasteiger partial charge is 0.217 e. The molecule has 6 nitrogen and oxygen atoms in total. The molecular formula is C18H15ClN4O2. The fraction of sp³-hybridized carbons (Fsp3) is 0.444. The Morgan fingerprint density at radius 2 is 1.84 bits per heavy atom. The number of rotatable bonds is 2. The molecule has 2 saturated heterocycles. The number of nitriles is 3. The Hall–Kier alpha value is -2.59. The summed E-state index contributed by atoms with van der Waals surface area (Å²) in [6.45, 7) is 3.49. The molecule has 2 aliphatic heterocycles. The largest absolute Gasteiger partial charge is 0.447 e. The van der Waals surface area contributed by atoms with Crippen LogP contribution < -0.4 is 0 Å². The molecule has 4 unspecified atom stereocenters. The lowest BCUT2D eigenvalue weighted by Gasteiger charge is -2.48.